The number of halogens is 4. The number of hydrogen-bond acceptors (Lipinski definition) is 4. The summed E-state index contributed by atoms with van der Waals surface area (Å²) in [4.78, 5) is 0. The van der Waals surface area contributed by atoms with E-state index in [1.807, 2.05) is 0 Å². The van der Waals surface area contributed by atoms with Crippen LogP contribution in [-0.2, 0) is 11.8 Å². The highest BCUT2D eigenvalue weighted by Gasteiger charge is 2.37. The van der Waals surface area contributed by atoms with Crippen LogP contribution in [-0.4, -0.2) is 20.4 Å². The second-order valence-corrected chi connectivity index (χ2v) is 9.82. The highest BCUT2D eigenvalue weighted by molar-refractivity contribution is 6.33. The molecule has 0 fully saturated rings. The highest BCUT2D eigenvalue weighted by Crippen LogP contribution is 2.47. The molecule has 0 aromatic heterocycles. The molecule has 4 rings (SSSR count). The molecule has 0 heterocycles. The number of benzene rings is 4. The van der Waals surface area contributed by atoms with E-state index in [4.69, 9.17) is 46.4 Å². The van der Waals surface area contributed by atoms with Gasteiger partial charge in [-0.25, -0.2) is 0 Å². The summed E-state index contributed by atoms with van der Waals surface area (Å²) in [6.45, 7) is 0. The van der Waals surface area contributed by atoms with Crippen LogP contribution in [0.15, 0.2) is 72.8 Å². The van der Waals surface area contributed by atoms with E-state index in [1.54, 1.807) is 48.5 Å². The zero-order valence-electron chi connectivity index (χ0n) is 18.1. The Morgan fingerprint density at radius 2 is 0.829 bits per heavy atom. The first-order valence-corrected chi connectivity index (χ1v) is 12.1. The summed E-state index contributed by atoms with van der Waals surface area (Å²) in [6, 6.07) is 19.8. The maximum Gasteiger partial charge on any atom is 0.134 e. The number of aryl methyl sites for hydroxylation is 1. The lowest BCUT2D eigenvalue weighted by atomic mass is 9.66. The van der Waals surface area contributed by atoms with Gasteiger partial charge in [-0.1, -0.05) is 70.7 Å². The van der Waals surface area contributed by atoms with Crippen molar-refractivity contribution in [2.24, 2.45) is 0 Å². The second-order valence-electron chi connectivity index (χ2n) is 8.19. The van der Waals surface area contributed by atoms with E-state index in [0.717, 1.165) is 22.3 Å². The smallest absolute Gasteiger partial charge is 0.134 e. The lowest BCUT2D eigenvalue weighted by molar-refractivity contribution is 0.472. The van der Waals surface area contributed by atoms with Crippen molar-refractivity contribution in [3.05, 3.63) is 115 Å². The standard InChI is InChI=1S/C27H20Cl4O4/c28-19-11-15(1-5-23(19)32)9-10-27(16-2-6-24(33)20(29)12-16,17-3-7-25(34)21(30)13-17)18-4-8-26(35)22(31)14-18/h1-8,11-14,32-35H,9-10H2. The molecule has 4 aromatic carbocycles. The molecule has 0 saturated carbocycles. The molecule has 4 aromatic rings. The number of phenols is 4. The van der Waals surface area contributed by atoms with Gasteiger partial charge < -0.3 is 20.4 Å². The molecule has 0 aliphatic rings. The van der Waals surface area contributed by atoms with Gasteiger partial charge in [0.15, 0.2) is 0 Å². The maximum absolute atomic E-state index is 10.1. The molecule has 0 radical (unpaired) electrons. The maximum atomic E-state index is 10.1. The van der Waals surface area contributed by atoms with Gasteiger partial charge in [-0.05, 0) is 83.6 Å². The molecule has 35 heavy (non-hydrogen) atoms. The van der Waals surface area contributed by atoms with Crippen LogP contribution < -0.4 is 0 Å². The van der Waals surface area contributed by atoms with Crippen molar-refractivity contribution in [1.82, 2.24) is 0 Å². The summed E-state index contributed by atoms with van der Waals surface area (Å²) in [7, 11) is 0. The molecule has 4 N–H and O–H groups in total. The van der Waals surface area contributed by atoms with Gasteiger partial charge in [0.2, 0.25) is 0 Å². The molecule has 0 spiro atoms. The van der Waals surface area contributed by atoms with Crippen LogP contribution in [0.25, 0.3) is 0 Å². The van der Waals surface area contributed by atoms with Gasteiger partial charge in [0.05, 0.1) is 20.1 Å². The van der Waals surface area contributed by atoms with Gasteiger partial charge in [-0.15, -0.1) is 0 Å². The normalized spacial score (nSPS) is 11.5. The fourth-order valence-corrected chi connectivity index (χ4v) is 5.03. The molecule has 8 heteroatoms. The third kappa shape index (κ3) is 4.98. The van der Waals surface area contributed by atoms with Crippen LogP contribution in [0.4, 0.5) is 0 Å². The lowest BCUT2D eigenvalue weighted by Gasteiger charge is -2.37. The first kappa shape index (κ1) is 25.3. The van der Waals surface area contributed by atoms with Gasteiger partial charge in [-0.3, -0.25) is 0 Å². The van der Waals surface area contributed by atoms with E-state index in [2.05, 4.69) is 0 Å². The molecular formula is C27H20Cl4O4. The Bertz CT molecular complexity index is 1280. The second kappa shape index (κ2) is 10.1. The Hall–Kier alpha value is -2.76. The number of aromatic hydroxyl groups is 4. The van der Waals surface area contributed by atoms with Crippen molar-refractivity contribution in [3.8, 4) is 23.0 Å². The molecule has 0 aliphatic heterocycles. The van der Waals surface area contributed by atoms with E-state index in [0.29, 0.717) is 12.8 Å². The minimum atomic E-state index is -0.920. The van der Waals surface area contributed by atoms with Crippen molar-refractivity contribution in [2.45, 2.75) is 18.3 Å². The van der Waals surface area contributed by atoms with Gasteiger partial charge in [0.1, 0.15) is 23.0 Å². The molecule has 0 amide bonds. The zero-order valence-corrected chi connectivity index (χ0v) is 21.2. The van der Waals surface area contributed by atoms with Gasteiger partial charge in [0.25, 0.3) is 0 Å². The van der Waals surface area contributed by atoms with Crippen LogP contribution in [0.1, 0.15) is 28.7 Å². The van der Waals surface area contributed by atoms with E-state index in [-0.39, 0.29) is 43.1 Å². The molecule has 180 valence electrons. The van der Waals surface area contributed by atoms with Crippen molar-refractivity contribution < 1.29 is 20.4 Å². The van der Waals surface area contributed by atoms with E-state index < -0.39 is 5.41 Å². The Labute approximate surface area is 222 Å². The predicted molar refractivity (Wildman–Crippen MR) is 141 cm³/mol. The van der Waals surface area contributed by atoms with Crippen LogP contribution >= 0.6 is 46.4 Å². The lowest BCUT2D eigenvalue weighted by Crippen LogP contribution is -2.30. The minimum absolute atomic E-state index is 0.0115. The first-order valence-electron chi connectivity index (χ1n) is 10.6. The SMILES string of the molecule is Oc1ccc(CCC(c2ccc(O)c(Cl)c2)(c2ccc(O)c(Cl)c2)c2ccc(O)c(Cl)c2)cc1Cl. The van der Waals surface area contributed by atoms with Crippen LogP contribution in [0, 0.1) is 0 Å². The van der Waals surface area contributed by atoms with Crippen LogP contribution in [0.3, 0.4) is 0 Å². The van der Waals surface area contributed by atoms with Crippen LogP contribution in [0.5, 0.6) is 23.0 Å². The number of hydrogen-bond donors (Lipinski definition) is 4. The average Bonchev–Trinajstić information content (AvgIpc) is 2.83. The van der Waals surface area contributed by atoms with Gasteiger partial charge >= 0.3 is 0 Å². The Morgan fingerprint density at radius 3 is 1.17 bits per heavy atom. The van der Waals surface area contributed by atoms with Crippen molar-refractivity contribution in [1.29, 1.82) is 0 Å². The quantitative estimate of drug-likeness (QED) is 0.183. The molecule has 0 atom stereocenters. The molecule has 0 aliphatic carbocycles. The van der Waals surface area contributed by atoms with E-state index >= 15 is 0 Å². The van der Waals surface area contributed by atoms with Crippen LogP contribution in [0.2, 0.25) is 20.1 Å². The first-order chi connectivity index (χ1) is 16.6. The van der Waals surface area contributed by atoms with Crippen molar-refractivity contribution >= 4 is 46.4 Å². The molecule has 4 nitrogen and oxygen atoms in total. The largest absolute Gasteiger partial charge is 0.506 e. The third-order valence-electron chi connectivity index (χ3n) is 6.12. The minimum Gasteiger partial charge on any atom is -0.506 e. The summed E-state index contributed by atoms with van der Waals surface area (Å²) >= 11 is 25.2. The Balaban J connectivity index is 1.99. The topological polar surface area (TPSA) is 80.9 Å². The van der Waals surface area contributed by atoms with Gasteiger partial charge in [-0.2, -0.15) is 0 Å². The summed E-state index contributed by atoms with van der Waals surface area (Å²) in [6.07, 6.45) is 0.965. The average molecular weight is 550 g/mol. The van der Waals surface area contributed by atoms with Crippen molar-refractivity contribution in [3.63, 3.8) is 0 Å². The Kier molecular flexibility index (Phi) is 7.30. The Morgan fingerprint density at radius 1 is 0.486 bits per heavy atom. The number of rotatable bonds is 6. The summed E-state index contributed by atoms with van der Waals surface area (Å²) in [5, 5.41) is 40.8. The zero-order chi connectivity index (χ0) is 25.3. The molecule has 0 saturated heterocycles. The van der Waals surface area contributed by atoms with Crippen molar-refractivity contribution in [2.75, 3.05) is 0 Å². The summed E-state index contributed by atoms with van der Waals surface area (Å²) < 4.78 is 0. The molecule has 0 unspecified atom stereocenters. The molecular weight excluding hydrogens is 530 g/mol. The highest BCUT2D eigenvalue weighted by atomic mass is 35.5. The van der Waals surface area contributed by atoms with Gasteiger partial charge in [0, 0.05) is 5.41 Å². The number of phenolic OH excluding ortho intramolecular Hbond substituents is 4. The van der Waals surface area contributed by atoms with E-state index in [9.17, 15) is 20.4 Å². The summed E-state index contributed by atoms with van der Waals surface area (Å²) in [5.74, 6) is -0.214. The predicted octanol–water partition coefficient (Wildman–Crippen LogP) is 8.09. The van der Waals surface area contributed by atoms with E-state index in [1.165, 1.54) is 24.3 Å². The fraction of sp³-hybridized carbons (Fsp3) is 0.111. The molecule has 0 bridgehead atoms. The third-order valence-corrected chi connectivity index (χ3v) is 7.33. The fourth-order valence-electron chi connectivity index (χ4n) is 4.29. The monoisotopic (exact) mass is 548 g/mol. The summed E-state index contributed by atoms with van der Waals surface area (Å²) in [5.41, 5.74) is 2.14.